The highest BCUT2D eigenvalue weighted by atomic mass is 32.2. The molecule has 1 aliphatic heterocycles. The molecule has 0 radical (unpaired) electrons. The van der Waals surface area contributed by atoms with E-state index < -0.39 is 12.0 Å². The average molecular weight is 279 g/mol. The van der Waals surface area contributed by atoms with E-state index >= 15 is 0 Å². The SMILES string of the molecule is Cc1nnc2c(N3CCSCC3C(=O)O)nccn12. The van der Waals surface area contributed by atoms with Crippen molar-refractivity contribution >= 4 is 29.2 Å². The highest BCUT2D eigenvalue weighted by Crippen LogP contribution is 2.25. The minimum atomic E-state index is -0.827. The molecule has 1 atom stereocenters. The lowest BCUT2D eigenvalue weighted by Crippen LogP contribution is -2.48. The van der Waals surface area contributed by atoms with E-state index in [1.807, 2.05) is 16.2 Å². The molecule has 0 saturated carbocycles. The third kappa shape index (κ3) is 2.01. The summed E-state index contributed by atoms with van der Waals surface area (Å²) in [4.78, 5) is 17.5. The van der Waals surface area contributed by atoms with Gasteiger partial charge in [0.25, 0.3) is 0 Å². The molecule has 1 aliphatic rings. The smallest absolute Gasteiger partial charge is 0.327 e. The molecule has 3 rings (SSSR count). The molecule has 2 aromatic rings. The Hall–Kier alpha value is -1.83. The van der Waals surface area contributed by atoms with Gasteiger partial charge < -0.3 is 10.0 Å². The second kappa shape index (κ2) is 4.69. The number of rotatable bonds is 2. The van der Waals surface area contributed by atoms with Gasteiger partial charge in [-0.15, -0.1) is 10.2 Å². The summed E-state index contributed by atoms with van der Waals surface area (Å²) in [5, 5.41) is 17.4. The number of aliphatic carboxylic acids is 1. The molecule has 1 saturated heterocycles. The van der Waals surface area contributed by atoms with Crippen LogP contribution in [0.4, 0.5) is 5.82 Å². The number of thioether (sulfide) groups is 1. The van der Waals surface area contributed by atoms with Crippen LogP contribution in [0.15, 0.2) is 12.4 Å². The van der Waals surface area contributed by atoms with Crippen molar-refractivity contribution < 1.29 is 9.90 Å². The van der Waals surface area contributed by atoms with Crippen molar-refractivity contribution in [2.45, 2.75) is 13.0 Å². The van der Waals surface area contributed by atoms with Gasteiger partial charge in [0, 0.05) is 30.4 Å². The van der Waals surface area contributed by atoms with Gasteiger partial charge in [-0.3, -0.25) is 4.40 Å². The summed E-state index contributed by atoms with van der Waals surface area (Å²) in [6, 6.07) is -0.561. The van der Waals surface area contributed by atoms with Crippen LogP contribution in [0.25, 0.3) is 5.65 Å². The first kappa shape index (κ1) is 12.2. The number of carboxylic acid groups (broad SMARTS) is 1. The first-order valence-corrected chi connectivity index (χ1v) is 7.07. The molecule has 2 aromatic heterocycles. The minimum Gasteiger partial charge on any atom is -0.480 e. The summed E-state index contributed by atoms with van der Waals surface area (Å²) in [7, 11) is 0. The predicted octanol–water partition coefficient (Wildman–Crippen LogP) is 0.439. The van der Waals surface area contributed by atoms with E-state index in [9.17, 15) is 9.90 Å². The van der Waals surface area contributed by atoms with Crippen molar-refractivity contribution in [3.63, 3.8) is 0 Å². The Kier molecular flexibility index (Phi) is 3.02. The number of carboxylic acids is 1. The fourth-order valence-electron chi connectivity index (χ4n) is 2.19. The number of hydrogen-bond donors (Lipinski definition) is 1. The summed E-state index contributed by atoms with van der Waals surface area (Å²) in [5.41, 5.74) is 0.609. The van der Waals surface area contributed by atoms with Crippen LogP contribution in [0, 0.1) is 6.92 Å². The van der Waals surface area contributed by atoms with Crippen LogP contribution in [-0.2, 0) is 4.79 Å². The van der Waals surface area contributed by atoms with E-state index in [0.717, 1.165) is 11.6 Å². The maximum absolute atomic E-state index is 11.4. The zero-order valence-corrected chi connectivity index (χ0v) is 11.2. The first-order valence-electron chi connectivity index (χ1n) is 5.92. The second-order valence-corrected chi connectivity index (χ2v) is 5.46. The number of hydrogen-bond acceptors (Lipinski definition) is 6. The fourth-order valence-corrected chi connectivity index (χ4v) is 3.23. The lowest BCUT2D eigenvalue weighted by atomic mass is 10.2. The van der Waals surface area contributed by atoms with Gasteiger partial charge in [-0.25, -0.2) is 9.78 Å². The third-order valence-corrected chi connectivity index (χ3v) is 4.19. The van der Waals surface area contributed by atoms with Gasteiger partial charge in [0.05, 0.1) is 0 Å². The summed E-state index contributed by atoms with van der Waals surface area (Å²) in [5.74, 6) is 1.98. The number of carbonyl (C=O) groups is 1. The van der Waals surface area contributed by atoms with Crippen molar-refractivity contribution in [3.05, 3.63) is 18.2 Å². The van der Waals surface area contributed by atoms with Crippen LogP contribution in [0.5, 0.6) is 0 Å². The standard InChI is InChI=1S/C11H13N5O2S/c1-7-13-14-10-9(12-2-3-15(7)10)16-4-5-19-6-8(16)11(17)18/h2-3,8H,4-6H2,1H3,(H,17,18). The maximum atomic E-state index is 11.4. The average Bonchev–Trinajstić information content (AvgIpc) is 2.81. The molecule has 0 aromatic carbocycles. The van der Waals surface area contributed by atoms with E-state index in [2.05, 4.69) is 15.2 Å². The summed E-state index contributed by atoms with van der Waals surface area (Å²) in [6.45, 7) is 2.50. The Bertz CT molecular complexity index is 629. The molecule has 0 aliphatic carbocycles. The van der Waals surface area contributed by atoms with Gasteiger partial charge in [-0.05, 0) is 6.92 Å². The van der Waals surface area contributed by atoms with Gasteiger partial charge in [0.15, 0.2) is 5.82 Å². The molecule has 1 unspecified atom stereocenters. The van der Waals surface area contributed by atoms with Gasteiger partial charge in [-0.1, -0.05) is 0 Å². The number of fused-ring (bicyclic) bond motifs is 1. The van der Waals surface area contributed by atoms with Crippen LogP contribution < -0.4 is 4.90 Å². The molecule has 1 fully saturated rings. The number of anilines is 1. The van der Waals surface area contributed by atoms with Crippen LogP contribution in [0.2, 0.25) is 0 Å². The van der Waals surface area contributed by atoms with E-state index in [1.165, 1.54) is 0 Å². The summed E-state index contributed by atoms with van der Waals surface area (Å²) >= 11 is 1.65. The van der Waals surface area contributed by atoms with Crippen LogP contribution in [-0.4, -0.2) is 54.8 Å². The Labute approximate surface area is 113 Å². The number of aryl methyl sites for hydroxylation is 1. The monoisotopic (exact) mass is 279 g/mol. The van der Waals surface area contributed by atoms with Crippen molar-refractivity contribution in [1.82, 2.24) is 19.6 Å². The minimum absolute atomic E-state index is 0.561. The predicted molar refractivity (Wildman–Crippen MR) is 71.6 cm³/mol. The second-order valence-electron chi connectivity index (χ2n) is 4.31. The van der Waals surface area contributed by atoms with Crippen molar-refractivity contribution in [2.75, 3.05) is 23.0 Å². The van der Waals surface area contributed by atoms with Gasteiger partial charge >= 0.3 is 5.97 Å². The molecule has 0 amide bonds. The molecular formula is C11H13N5O2S. The zero-order valence-electron chi connectivity index (χ0n) is 10.4. The van der Waals surface area contributed by atoms with Gasteiger partial charge in [0.1, 0.15) is 11.9 Å². The van der Waals surface area contributed by atoms with Crippen LogP contribution in [0.3, 0.4) is 0 Å². The lowest BCUT2D eigenvalue weighted by Gasteiger charge is -2.33. The van der Waals surface area contributed by atoms with E-state index in [4.69, 9.17) is 0 Å². The van der Waals surface area contributed by atoms with Crippen LogP contribution >= 0.6 is 11.8 Å². The Balaban J connectivity index is 2.09. The van der Waals surface area contributed by atoms with Crippen LogP contribution in [0.1, 0.15) is 5.82 Å². The summed E-state index contributed by atoms with van der Waals surface area (Å²) < 4.78 is 1.82. The lowest BCUT2D eigenvalue weighted by molar-refractivity contribution is -0.138. The third-order valence-electron chi connectivity index (χ3n) is 3.16. The Morgan fingerprint density at radius 3 is 3.16 bits per heavy atom. The number of nitrogens with zero attached hydrogens (tertiary/aromatic N) is 5. The van der Waals surface area contributed by atoms with Gasteiger partial charge in [0.2, 0.25) is 5.65 Å². The Morgan fingerprint density at radius 1 is 1.53 bits per heavy atom. The molecule has 19 heavy (non-hydrogen) atoms. The molecule has 3 heterocycles. The molecular weight excluding hydrogens is 266 g/mol. The first-order chi connectivity index (χ1) is 9.18. The zero-order chi connectivity index (χ0) is 13.4. The van der Waals surface area contributed by atoms with Crippen molar-refractivity contribution in [3.8, 4) is 0 Å². The molecule has 1 N–H and O–H groups in total. The summed E-state index contributed by atoms with van der Waals surface area (Å²) in [6.07, 6.45) is 3.43. The molecule has 7 nitrogen and oxygen atoms in total. The fraction of sp³-hybridized carbons (Fsp3) is 0.455. The normalized spacial score (nSPS) is 19.8. The van der Waals surface area contributed by atoms with Gasteiger partial charge in [-0.2, -0.15) is 11.8 Å². The topological polar surface area (TPSA) is 83.6 Å². The van der Waals surface area contributed by atoms with Crippen molar-refractivity contribution in [2.24, 2.45) is 0 Å². The molecule has 0 bridgehead atoms. The quantitative estimate of drug-likeness (QED) is 0.853. The molecule has 8 heteroatoms. The van der Waals surface area contributed by atoms with Crippen molar-refractivity contribution in [1.29, 1.82) is 0 Å². The Morgan fingerprint density at radius 2 is 2.37 bits per heavy atom. The van der Waals surface area contributed by atoms with E-state index in [0.29, 0.717) is 23.8 Å². The molecule has 0 spiro atoms. The highest BCUT2D eigenvalue weighted by molar-refractivity contribution is 7.99. The maximum Gasteiger partial charge on any atom is 0.327 e. The molecule has 100 valence electrons. The highest BCUT2D eigenvalue weighted by Gasteiger charge is 2.31. The number of aromatic nitrogens is 4. The largest absolute Gasteiger partial charge is 0.480 e. The van der Waals surface area contributed by atoms with E-state index in [1.54, 1.807) is 24.2 Å². The van der Waals surface area contributed by atoms with E-state index in [-0.39, 0.29) is 0 Å².